The molecular weight excluding hydrogens is 314 g/mol. The predicted molar refractivity (Wildman–Crippen MR) is 92.5 cm³/mol. The number of hydrogen-bond donors (Lipinski definition) is 2. The second kappa shape index (κ2) is 5.59. The van der Waals surface area contributed by atoms with E-state index >= 15 is 0 Å². The molecule has 0 atom stereocenters. The molecule has 2 heterocycles. The lowest BCUT2D eigenvalue weighted by Crippen LogP contribution is -2.09. The lowest BCUT2D eigenvalue weighted by Gasteiger charge is -2.12. The summed E-state index contributed by atoms with van der Waals surface area (Å²) in [5, 5.41) is 11.1. The summed E-state index contributed by atoms with van der Waals surface area (Å²) < 4.78 is 0. The van der Waals surface area contributed by atoms with E-state index in [1.165, 1.54) is 6.92 Å². The molecule has 0 aliphatic carbocycles. The fourth-order valence-electron chi connectivity index (χ4n) is 2.59. The molecule has 23 heavy (non-hydrogen) atoms. The summed E-state index contributed by atoms with van der Waals surface area (Å²) >= 11 is 6.36. The molecule has 0 amide bonds. The first-order valence-corrected chi connectivity index (χ1v) is 7.45. The highest BCUT2D eigenvalue weighted by Gasteiger charge is 2.17. The van der Waals surface area contributed by atoms with Crippen LogP contribution in [0.3, 0.4) is 0 Å². The highest BCUT2D eigenvalue weighted by atomic mass is 35.5. The number of hydrogen-bond acceptors (Lipinski definition) is 4. The van der Waals surface area contributed by atoms with Gasteiger partial charge in [0.25, 0.3) is 0 Å². The Morgan fingerprint density at radius 3 is 2.61 bits per heavy atom. The minimum atomic E-state index is -0.205. The maximum atomic E-state index is 11.8. The zero-order valence-corrected chi connectivity index (χ0v) is 13.8. The molecule has 2 aromatic heterocycles. The Hall–Kier alpha value is -2.53. The molecule has 0 aliphatic rings. The summed E-state index contributed by atoms with van der Waals surface area (Å²) in [5.41, 5.74) is 2.51. The second-order valence-corrected chi connectivity index (χ2v) is 5.99. The SMILES string of the molecule is CC(=O)c1c(O)[nH]c2cc(Cl)c(-c3ccc(N(C)C)nc3)cc12. The minimum absolute atomic E-state index is 0.137. The highest BCUT2D eigenvalue weighted by molar-refractivity contribution is 6.34. The van der Waals surface area contributed by atoms with Gasteiger partial charge in [0.15, 0.2) is 5.78 Å². The standard InChI is InChI=1S/C17H16ClN3O2/c1-9(22)16-12-6-11(13(18)7-14(12)20-17(16)23)10-4-5-15(19-8-10)21(2)3/h4-8,20,23H,1-3H3. The molecule has 2 N–H and O–H groups in total. The summed E-state index contributed by atoms with van der Waals surface area (Å²) in [6.07, 6.45) is 1.74. The maximum Gasteiger partial charge on any atom is 0.200 e. The van der Waals surface area contributed by atoms with E-state index in [0.29, 0.717) is 15.9 Å². The van der Waals surface area contributed by atoms with Crippen molar-refractivity contribution in [1.29, 1.82) is 0 Å². The van der Waals surface area contributed by atoms with Crippen LogP contribution < -0.4 is 4.90 Å². The van der Waals surface area contributed by atoms with Crippen LogP contribution in [-0.2, 0) is 0 Å². The van der Waals surface area contributed by atoms with Crippen molar-refractivity contribution in [2.75, 3.05) is 19.0 Å². The van der Waals surface area contributed by atoms with Crippen LogP contribution in [0.4, 0.5) is 5.82 Å². The van der Waals surface area contributed by atoms with Gasteiger partial charge in [0, 0.05) is 36.8 Å². The second-order valence-electron chi connectivity index (χ2n) is 5.58. The number of fused-ring (bicyclic) bond motifs is 1. The molecule has 0 unspecified atom stereocenters. The van der Waals surface area contributed by atoms with Gasteiger partial charge in [-0.05, 0) is 31.2 Å². The van der Waals surface area contributed by atoms with Gasteiger partial charge >= 0.3 is 0 Å². The van der Waals surface area contributed by atoms with Gasteiger partial charge in [-0.1, -0.05) is 11.6 Å². The molecule has 0 fully saturated rings. The van der Waals surface area contributed by atoms with Gasteiger partial charge < -0.3 is 15.0 Å². The molecule has 3 aromatic rings. The molecule has 0 bridgehead atoms. The van der Waals surface area contributed by atoms with E-state index in [1.54, 1.807) is 18.3 Å². The third-order valence-corrected chi connectivity index (χ3v) is 4.05. The number of H-pyrrole nitrogens is 1. The van der Waals surface area contributed by atoms with Crippen LogP contribution in [0, 0.1) is 0 Å². The number of aromatic nitrogens is 2. The number of pyridine rings is 1. The number of halogens is 1. The first-order valence-electron chi connectivity index (χ1n) is 7.07. The number of rotatable bonds is 3. The van der Waals surface area contributed by atoms with E-state index in [9.17, 15) is 9.90 Å². The van der Waals surface area contributed by atoms with E-state index in [0.717, 1.165) is 16.9 Å². The van der Waals surface area contributed by atoms with Crippen molar-refractivity contribution in [2.24, 2.45) is 0 Å². The van der Waals surface area contributed by atoms with Crippen molar-refractivity contribution in [1.82, 2.24) is 9.97 Å². The number of anilines is 1. The van der Waals surface area contributed by atoms with E-state index in [-0.39, 0.29) is 17.2 Å². The van der Waals surface area contributed by atoms with Crippen LogP contribution in [0.2, 0.25) is 5.02 Å². The predicted octanol–water partition coefficient (Wildman–Crippen LogP) is 3.86. The number of ketones is 1. The van der Waals surface area contributed by atoms with Gasteiger partial charge in [-0.3, -0.25) is 4.79 Å². The summed E-state index contributed by atoms with van der Waals surface area (Å²) in [6.45, 7) is 1.42. The fraction of sp³-hybridized carbons (Fsp3) is 0.176. The van der Waals surface area contributed by atoms with Gasteiger partial charge in [-0.15, -0.1) is 0 Å². The number of nitrogens with one attached hydrogen (secondary N) is 1. The quantitative estimate of drug-likeness (QED) is 0.716. The van der Waals surface area contributed by atoms with E-state index in [2.05, 4.69) is 9.97 Å². The molecule has 6 heteroatoms. The van der Waals surface area contributed by atoms with Gasteiger partial charge in [-0.25, -0.2) is 4.98 Å². The lowest BCUT2D eigenvalue weighted by molar-refractivity contribution is 0.101. The number of carbonyl (C=O) groups excluding carboxylic acids is 1. The molecule has 1 aromatic carbocycles. The molecule has 0 spiro atoms. The van der Waals surface area contributed by atoms with Crippen LogP contribution in [-0.4, -0.2) is 35.0 Å². The Morgan fingerprint density at radius 1 is 1.30 bits per heavy atom. The summed E-state index contributed by atoms with van der Waals surface area (Å²) in [5.74, 6) is 0.500. The normalized spacial score (nSPS) is 11.0. The third kappa shape index (κ3) is 2.64. The third-order valence-electron chi connectivity index (χ3n) is 3.74. The van der Waals surface area contributed by atoms with Gasteiger partial charge in [0.05, 0.1) is 16.1 Å². The number of Topliss-reactive ketones (excluding diaryl/α,β-unsaturated/α-hetero) is 1. The minimum Gasteiger partial charge on any atom is -0.494 e. The van der Waals surface area contributed by atoms with E-state index < -0.39 is 0 Å². The van der Waals surface area contributed by atoms with Crippen LogP contribution in [0.1, 0.15) is 17.3 Å². The molecule has 5 nitrogen and oxygen atoms in total. The van der Waals surface area contributed by atoms with E-state index in [1.807, 2.05) is 31.1 Å². The molecule has 118 valence electrons. The molecule has 3 rings (SSSR count). The zero-order valence-electron chi connectivity index (χ0n) is 13.0. The van der Waals surface area contributed by atoms with Crippen molar-refractivity contribution < 1.29 is 9.90 Å². The lowest BCUT2D eigenvalue weighted by atomic mass is 10.0. The van der Waals surface area contributed by atoms with Crippen LogP contribution in [0.15, 0.2) is 30.5 Å². The smallest absolute Gasteiger partial charge is 0.200 e. The van der Waals surface area contributed by atoms with Crippen molar-refractivity contribution in [3.05, 3.63) is 41.0 Å². The highest BCUT2D eigenvalue weighted by Crippen LogP contribution is 2.36. The number of benzene rings is 1. The van der Waals surface area contributed by atoms with Crippen molar-refractivity contribution >= 4 is 34.1 Å². The maximum absolute atomic E-state index is 11.8. The molecule has 0 saturated carbocycles. The number of aromatic amines is 1. The zero-order chi connectivity index (χ0) is 16.7. The largest absolute Gasteiger partial charge is 0.494 e. The average Bonchev–Trinajstić information content (AvgIpc) is 2.81. The van der Waals surface area contributed by atoms with Gasteiger partial charge in [0.1, 0.15) is 5.82 Å². The Kier molecular flexibility index (Phi) is 3.74. The van der Waals surface area contributed by atoms with Gasteiger partial charge in [0.2, 0.25) is 5.88 Å². The molecule has 0 saturated heterocycles. The Balaban J connectivity index is 2.19. The first kappa shape index (κ1) is 15.4. The van der Waals surface area contributed by atoms with Crippen LogP contribution >= 0.6 is 11.6 Å². The van der Waals surface area contributed by atoms with Gasteiger partial charge in [-0.2, -0.15) is 0 Å². The van der Waals surface area contributed by atoms with Crippen LogP contribution in [0.5, 0.6) is 5.88 Å². The average molecular weight is 330 g/mol. The Labute approximate surface area is 138 Å². The summed E-state index contributed by atoms with van der Waals surface area (Å²) in [4.78, 5) is 20.8. The number of nitrogens with zero attached hydrogens (tertiary/aromatic N) is 2. The van der Waals surface area contributed by atoms with Crippen LogP contribution in [0.25, 0.3) is 22.0 Å². The van der Waals surface area contributed by atoms with E-state index in [4.69, 9.17) is 11.6 Å². The van der Waals surface area contributed by atoms with Crippen molar-refractivity contribution in [3.63, 3.8) is 0 Å². The molecule has 0 aliphatic heterocycles. The Bertz CT molecular complexity index is 898. The Morgan fingerprint density at radius 2 is 2.04 bits per heavy atom. The number of aromatic hydroxyl groups is 1. The fourth-order valence-corrected chi connectivity index (χ4v) is 2.86. The molecular formula is C17H16ClN3O2. The topological polar surface area (TPSA) is 69.2 Å². The number of carbonyl (C=O) groups is 1. The first-order chi connectivity index (χ1) is 10.9. The molecule has 0 radical (unpaired) electrons. The van der Waals surface area contributed by atoms with Crippen molar-refractivity contribution in [3.8, 4) is 17.0 Å². The summed E-state index contributed by atoms with van der Waals surface area (Å²) in [7, 11) is 3.84. The summed E-state index contributed by atoms with van der Waals surface area (Å²) in [6, 6.07) is 7.33. The van der Waals surface area contributed by atoms with Crippen molar-refractivity contribution in [2.45, 2.75) is 6.92 Å². The monoisotopic (exact) mass is 329 g/mol.